The lowest BCUT2D eigenvalue weighted by atomic mass is 10.2. The monoisotopic (exact) mass is 396 g/mol. The standard InChI is InChI=1S/C19H19F3N2O2S/c20-13-2-5-15(6-3-13)27-11-1-9-23-18(25)8-10-24-19(26)16-7-4-14(21)12-17(16)22/h2-7,12H,1,8-11H2,(H,23,25)(H,24,26). The maximum absolute atomic E-state index is 13.5. The van der Waals surface area contributed by atoms with E-state index in [1.165, 1.54) is 12.1 Å². The van der Waals surface area contributed by atoms with Gasteiger partial charge in [0, 0.05) is 30.5 Å². The van der Waals surface area contributed by atoms with E-state index in [0.717, 1.165) is 29.2 Å². The van der Waals surface area contributed by atoms with Crippen LogP contribution in [0.3, 0.4) is 0 Å². The zero-order valence-electron chi connectivity index (χ0n) is 14.4. The van der Waals surface area contributed by atoms with Gasteiger partial charge in [-0.2, -0.15) is 0 Å². The molecule has 2 aromatic carbocycles. The van der Waals surface area contributed by atoms with Crippen molar-refractivity contribution in [3.63, 3.8) is 0 Å². The molecule has 2 aromatic rings. The third-order valence-electron chi connectivity index (χ3n) is 3.54. The molecule has 4 nitrogen and oxygen atoms in total. The maximum atomic E-state index is 13.5. The molecule has 0 heterocycles. The molecule has 0 aromatic heterocycles. The number of halogens is 3. The zero-order valence-corrected chi connectivity index (χ0v) is 15.3. The molecule has 0 unspecified atom stereocenters. The second-order valence-electron chi connectivity index (χ2n) is 5.64. The fourth-order valence-corrected chi connectivity index (χ4v) is 3.02. The molecular weight excluding hydrogens is 377 g/mol. The summed E-state index contributed by atoms with van der Waals surface area (Å²) in [6.07, 6.45) is 0.792. The lowest BCUT2D eigenvalue weighted by Crippen LogP contribution is -2.31. The van der Waals surface area contributed by atoms with E-state index in [2.05, 4.69) is 10.6 Å². The summed E-state index contributed by atoms with van der Waals surface area (Å²) in [5.41, 5.74) is -0.269. The summed E-state index contributed by atoms with van der Waals surface area (Å²) in [5.74, 6) is -2.15. The lowest BCUT2D eigenvalue weighted by molar-refractivity contribution is -0.120. The van der Waals surface area contributed by atoms with Gasteiger partial charge in [0.25, 0.3) is 5.91 Å². The molecule has 0 fully saturated rings. The summed E-state index contributed by atoms with van der Waals surface area (Å²) in [4.78, 5) is 24.4. The fraction of sp³-hybridized carbons (Fsp3) is 0.263. The van der Waals surface area contributed by atoms with Crippen LogP contribution in [0, 0.1) is 17.5 Å². The molecule has 144 valence electrons. The van der Waals surface area contributed by atoms with Gasteiger partial charge >= 0.3 is 0 Å². The highest BCUT2D eigenvalue weighted by Crippen LogP contribution is 2.18. The van der Waals surface area contributed by atoms with E-state index in [9.17, 15) is 22.8 Å². The van der Waals surface area contributed by atoms with Crippen molar-refractivity contribution >= 4 is 23.6 Å². The molecule has 27 heavy (non-hydrogen) atoms. The molecule has 2 amide bonds. The maximum Gasteiger partial charge on any atom is 0.254 e. The summed E-state index contributed by atoms with van der Waals surface area (Å²) in [5, 5.41) is 5.14. The van der Waals surface area contributed by atoms with Crippen molar-refractivity contribution in [1.29, 1.82) is 0 Å². The van der Waals surface area contributed by atoms with Crippen molar-refractivity contribution in [3.8, 4) is 0 Å². The van der Waals surface area contributed by atoms with Crippen LogP contribution in [0.15, 0.2) is 47.4 Å². The average molecular weight is 396 g/mol. The van der Waals surface area contributed by atoms with Crippen LogP contribution in [0.1, 0.15) is 23.2 Å². The first kappa shape index (κ1) is 20.8. The Bertz CT molecular complexity index is 785. The Hall–Kier alpha value is -2.48. The molecule has 0 saturated carbocycles. The average Bonchev–Trinajstić information content (AvgIpc) is 2.63. The van der Waals surface area contributed by atoms with E-state index >= 15 is 0 Å². The summed E-state index contributed by atoms with van der Waals surface area (Å²) < 4.78 is 39.1. The smallest absolute Gasteiger partial charge is 0.254 e. The fourth-order valence-electron chi connectivity index (χ4n) is 2.17. The summed E-state index contributed by atoms with van der Waals surface area (Å²) >= 11 is 1.57. The van der Waals surface area contributed by atoms with Gasteiger partial charge in [0.05, 0.1) is 5.56 Å². The number of thioether (sulfide) groups is 1. The van der Waals surface area contributed by atoms with E-state index in [4.69, 9.17) is 0 Å². The number of carbonyl (C=O) groups excluding carboxylic acids is 2. The van der Waals surface area contributed by atoms with Gasteiger partial charge in [-0.3, -0.25) is 9.59 Å². The molecule has 0 radical (unpaired) electrons. The predicted molar refractivity (Wildman–Crippen MR) is 98.1 cm³/mol. The third kappa shape index (κ3) is 7.34. The molecule has 0 atom stereocenters. The van der Waals surface area contributed by atoms with E-state index in [1.54, 1.807) is 23.9 Å². The molecular formula is C19H19F3N2O2S. The van der Waals surface area contributed by atoms with E-state index in [0.29, 0.717) is 12.6 Å². The number of carbonyl (C=O) groups is 2. The number of benzene rings is 2. The first-order valence-electron chi connectivity index (χ1n) is 8.34. The Kier molecular flexibility index (Phi) is 8.19. The van der Waals surface area contributed by atoms with Gasteiger partial charge in [-0.15, -0.1) is 11.8 Å². The quantitative estimate of drug-likeness (QED) is 0.504. The molecule has 0 aliphatic heterocycles. The summed E-state index contributed by atoms with van der Waals surface area (Å²) in [7, 11) is 0. The highest BCUT2D eigenvalue weighted by atomic mass is 32.2. The first-order valence-corrected chi connectivity index (χ1v) is 9.32. The van der Waals surface area contributed by atoms with Gasteiger partial charge in [0.2, 0.25) is 5.91 Å². The van der Waals surface area contributed by atoms with Crippen LogP contribution in [-0.4, -0.2) is 30.7 Å². The van der Waals surface area contributed by atoms with Crippen LogP contribution >= 0.6 is 11.8 Å². The van der Waals surface area contributed by atoms with E-state index < -0.39 is 17.5 Å². The molecule has 0 aliphatic rings. The minimum atomic E-state index is -0.949. The van der Waals surface area contributed by atoms with E-state index in [1.807, 2.05) is 0 Å². The zero-order chi connectivity index (χ0) is 19.6. The Morgan fingerprint density at radius 1 is 0.889 bits per heavy atom. The van der Waals surface area contributed by atoms with Crippen LogP contribution < -0.4 is 10.6 Å². The van der Waals surface area contributed by atoms with Gasteiger partial charge in [0.15, 0.2) is 0 Å². The number of nitrogens with one attached hydrogen (secondary N) is 2. The van der Waals surface area contributed by atoms with Crippen LogP contribution in [0.5, 0.6) is 0 Å². The second kappa shape index (κ2) is 10.6. The van der Waals surface area contributed by atoms with Gasteiger partial charge in [-0.25, -0.2) is 13.2 Å². The number of hydrogen-bond acceptors (Lipinski definition) is 3. The topological polar surface area (TPSA) is 58.2 Å². The van der Waals surface area contributed by atoms with Crippen molar-refractivity contribution in [2.75, 3.05) is 18.8 Å². The largest absolute Gasteiger partial charge is 0.356 e. The Balaban J connectivity index is 1.58. The van der Waals surface area contributed by atoms with Gasteiger partial charge in [0.1, 0.15) is 17.5 Å². The lowest BCUT2D eigenvalue weighted by Gasteiger charge is -2.07. The SMILES string of the molecule is O=C(CCNC(=O)c1ccc(F)cc1F)NCCCSc1ccc(F)cc1. The number of hydrogen-bond donors (Lipinski definition) is 2. The van der Waals surface area contributed by atoms with Crippen molar-refractivity contribution < 1.29 is 22.8 Å². The van der Waals surface area contributed by atoms with Crippen LogP contribution in [0.2, 0.25) is 0 Å². The highest BCUT2D eigenvalue weighted by molar-refractivity contribution is 7.99. The molecule has 0 spiro atoms. The van der Waals surface area contributed by atoms with Gasteiger partial charge in [-0.1, -0.05) is 0 Å². The Morgan fingerprint density at radius 3 is 2.30 bits per heavy atom. The molecule has 2 rings (SSSR count). The third-order valence-corrected chi connectivity index (χ3v) is 4.64. The van der Waals surface area contributed by atoms with Crippen molar-refractivity contribution in [2.45, 2.75) is 17.7 Å². The second-order valence-corrected chi connectivity index (χ2v) is 6.80. The van der Waals surface area contributed by atoms with Crippen molar-refractivity contribution in [3.05, 3.63) is 65.5 Å². The van der Waals surface area contributed by atoms with Crippen LogP contribution in [0.25, 0.3) is 0 Å². The normalized spacial score (nSPS) is 10.5. The number of amides is 2. The van der Waals surface area contributed by atoms with E-state index in [-0.39, 0.29) is 30.3 Å². The Morgan fingerprint density at radius 2 is 1.59 bits per heavy atom. The van der Waals surface area contributed by atoms with Crippen molar-refractivity contribution in [1.82, 2.24) is 10.6 Å². The Labute approximate surface area is 159 Å². The molecule has 0 bridgehead atoms. The molecule has 8 heteroatoms. The molecule has 2 N–H and O–H groups in total. The molecule has 0 saturated heterocycles. The highest BCUT2D eigenvalue weighted by Gasteiger charge is 2.12. The van der Waals surface area contributed by atoms with Crippen LogP contribution in [-0.2, 0) is 4.79 Å². The van der Waals surface area contributed by atoms with Crippen molar-refractivity contribution in [2.24, 2.45) is 0 Å². The van der Waals surface area contributed by atoms with Gasteiger partial charge < -0.3 is 10.6 Å². The summed E-state index contributed by atoms with van der Waals surface area (Å²) in [6.45, 7) is 0.527. The minimum Gasteiger partial charge on any atom is -0.356 e. The van der Waals surface area contributed by atoms with Crippen LogP contribution in [0.4, 0.5) is 13.2 Å². The first-order chi connectivity index (χ1) is 13.0. The predicted octanol–water partition coefficient (Wildman–Crippen LogP) is 3.52. The minimum absolute atomic E-state index is 0.0474. The summed E-state index contributed by atoms with van der Waals surface area (Å²) in [6, 6.07) is 8.88. The van der Waals surface area contributed by atoms with Gasteiger partial charge in [-0.05, 0) is 48.6 Å². The number of rotatable bonds is 9. The molecule has 0 aliphatic carbocycles.